The number of ether oxygens (including phenoxy) is 3. The van der Waals surface area contributed by atoms with Gasteiger partial charge in [-0.05, 0) is 67.0 Å². The van der Waals surface area contributed by atoms with Crippen molar-refractivity contribution in [2.24, 2.45) is 5.92 Å². The molecule has 0 radical (unpaired) electrons. The highest BCUT2D eigenvalue weighted by Crippen LogP contribution is 2.50. The average Bonchev–Trinajstić information content (AvgIpc) is 3.22. The van der Waals surface area contributed by atoms with Crippen molar-refractivity contribution in [3.63, 3.8) is 0 Å². The number of hydrogen-bond acceptors (Lipinski definition) is 8. The average molecular weight is 582 g/mol. The SMILES string of the molecule is COc1cc2c(c(OC)c1OC)-c1ccc(NCCCC(=O)N3CCC(C(=O)O)CC3)c(=O)cc1C(NC(C)=O)CC2. The molecule has 2 amide bonds. The number of benzene rings is 1. The minimum atomic E-state index is -0.808. The largest absolute Gasteiger partial charge is 0.493 e. The van der Waals surface area contributed by atoms with Gasteiger partial charge in [-0.1, -0.05) is 6.07 Å². The van der Waals surface area contributed by atoms with Gasteiger partial charge in [0.15, 0.2) is 11.5 Å². The third-order valence-corrected chi connectivity index (χ3v) is 8.00. The van der Waals surface area contributed by atoms with Crippen molar-refractivity contribution in [1.82, 2.24) is 10.2 Å². The summed E-state index contributed by atoms with van der Waals surface area (Å²) in [5.41, 5.74) is 3.27. The first-order valence-corrected chi connectivity index (χ1v) is 14.2. The number of piperidine rings is 1. The number of amides is 2. The fourth-order valence-corrected chi connectivity index (χ4v) is 5.85. The van der Waals surface area contributed by atoms with E-state index in [2.05, 4.69) is 10.6 Å². The smallest absolute Gasteiger partial charge is 0.306 e. The summed E-state index contributed by atoms with van der Waals surface area (Å²) in [5.74, 6) is 0.0355. The number of aryl methyl sites for hydroxylation is 1. The van der Waals surface area contributed by atoms with E-state index in [4.69, 9.17) is 19.3 Å². The maximum Gasteiger partial charge on any atom is 0.306 e. The number of carboxylic acids is 1. The van der Waals surface area contributed by atoms with Gasteiger partial charge in [0.1, 0.15) is 0 Å². The van der Waals surface area contributed by atoms with Crippen LogP contribution in [0.5, 0.6) is 17.2 Å². The first-order chi connectivity index (χ1) is 20.2. The van der Waals surface area contributed by atoms with Gasteiger partial charge in [0.05, 0.1) is 39.0 Å². The number of carboxylic acid groups (broad SMARTS) is 1. The van der Waals surface area contributed by atoms with Gasteiger partial charge in [0, 0.05) is 38.5 Å². The molecule has 1 aliphatic carbocycles. The van der Waals surface area contributed by atoms with E-state index in [0.717, 1.165) is 16.7 Å². The minimum absolute atomic E-state index is 0.0143. The van der Waals surface area contributed by atoms with Crippen LogP contribution in [0, 0.1) is 5.92 Å². The van der Waals surface area contributed by atoms with Crippen molar-refractivity contribution < 1.29 is 33.7 Å². The van der Waals surface area contributed by atoms with E-state index in [1.54, 1.807) is 31.3 Å². The van der Waals surface area contributed by atoms with E-state index in [9.17, 15) is 19.2 Å². The maximum absolute atomic E-state index is 13.4. The molecular formula is C31H39N3O8. The lowest BCUT2D eigenvalue weighted by Gasteiger charge is -2.30. The predicted molar refractivity (Wildman–Crippen MR) is 157 cm³/mol. The van der Waals surface area contributed by atoms with Crippen LogP contribution in [0.4, 0.5) is 5.69 Å². The van der Waals surface area contributed by atoms with Crippen LogP contribution in [0.1, 0.15) is 56.2 Å². The lowest BCUT2D eigenvalue weighted by atomic mass is 9.95. The zero-order chi connectivity index (χ0) is 30.4. The van der Waals surface area contributed by atoms with Crippen molar-refractivity contribution in [3.8, 4) is 28.4 Å². The maximum atomic E-state index is 13.4. The van der Waals surface area contributed by atoms with Crippen molar-refractivity contribution in [2.45, 2.75) is 51.5 Å². The van der Waals surface area contributed by atoms with Gasteiger partial charge in [0.2, 0.25) is 23.0 Å². The number of nitrogens with one attached hydrogen (secondary N) is 2. The van der Waals surface area contributed by atoms with Crippen LogP contribution >= 0.6 is 0 Å². The Morgan fingerprint density at radius 3 is 2.33 bits per heavy atom. The summed E-state index contributed by atoms with van der Waals surface area (Å²) in [6.07, 6.45) is 2.92. The Kier molecular flexibility index (Phi) is 9.92. The molecule has 0 spiro atoms. The second kappa shape index (κ2) is 13.6. The van der Waals surface area contributed by atoms with Crippen molar-refractivity contribution >= 4 is 23.5 Å². The molecule has 4 rings (SSSR count). The van der Waals surface area contributed by atoms with Gasteiger partial charge in [-0.15, -0.1) is 0 Å². The van der Waals surface area contributed by atoms with Crippen LogP contribution in [-0.4, -0.2) is 68.8 Å². The summed E-state index contributed by atoms with van der Waals surface area (Å²) in [6.45, 7) is 2.76. The molecule has 1 saturated heterocycles. The van der Waals surface area contributed by atoms with E-state index in [-0.39, 0.29) is 23.2 Å². The van der Waals surface area contributed by atoms with Crippen LogP contribution < -0.4 is 30.3 Å². The Morgan fingerprint density at radius 1 is 1.00 bits per heavy atom. The summed E-state index contributed by atoms with van der Waals surface area (Å²) < 4.78 is 17.0. The van der Waals surface area contributed by atoms with E-state index >= 15 is 0 Å². The van der Waals surface area contributed by atoms with Crippen LogP contribution in [0.15, 0.2) is 29.1 Å². The standard InChI is InChI=1S/C31H39N3O8/c1-18(35)33-23-9-7-20-16-26(40-2)29(41-3)30(42-4)28(20)21-8-10-24(25(36)17-22(21)23)32-13-5-6-27(37)34-14-11-19(12-15-34)31(38)39/h8,10,16-17,19,23H,5-7,9,11-15H2,1-4H3,(H,32,36)(H,33,35)(H,38,39). The van der Waals surface area contributed by atoms with E-state index < -0.39 is 12.0 Å². The van der Waals surface area contributed by atoms with Crippen LogP contribution in [-0.2, 0) is 20.8 Å². The van der Waals surface area contributed by atoms with E-state index in [1.165, 1.54) is 14.0 Å². The van der Waals surface area contributed by atoms with Crippen LogP contribution in [0.25, 0.3) is 11.1 Å². The van der Waals surface area contributed by atoms with Gasteiger partial charge in [-0.2, -0.15) is 0 Å². The van der Waals surface area contributed by atoms with E-state index in [1.807, 2.05) is 12.1 Å². The first kappa shape index (κ1) is 30.7. The lowest BCUT2D eigenvalue weighted by Crippen LogP contribution is -2.40. The molecule has 2 aromatic rings. The number of nitrogens with zero attached hydrogens (tertiary/aromatic N) is 1. The molecule has 1 unspecified atom stereocenters. The number of anilines is 1. The predicted octanol–water partition coefficient (Wildman–Crippen LogP) is 3.38. The Hall–Kier alpha value is -4.28. The van der Waals surface area contributed by atoms with Crippen molar-refractivity contribution in [2.75, 3.05) is 46.3 Å². The normalized spacial score (nSPS) is 16.4. The molecular weight excluding hydrogens is 542 g/mol. The Bertz CT molecular complexity index is 1400. The molecule has 1 aliphatic heterocycles. The summed E-state index contributed by atoms with van der Waals surface area (Å²) in [5, 5.41) is 15.3. The molecule has 3 N–H and O–H groups in total. The Morgan fingerprint density at radius 2 is 1.71 bits per heavy atom. The highest BCUT2D eigenvalue weighted by Gasteiger charge is 2.30. The molecule has 1 fully saturated rings. The quantitative estimate of drug-likeness (QED) is 0.360. The number of rotatable bonds is 10. The number of carbonyl (C=O) groups excluding carboxylic acids is 2. The molecule has 0 saturated carbocycles. The van der Waals surface area contributed by atoms with Gasteiger partial charge >= 0.3 is 5.97 Å². The fraction of sp³-hybridized carbons (Fsp3) is 0.484. The van der Waals surface area contributed by atoms with Gasteiger partial charge < -0.3 is 34.9 Å². The third-order valence-electron chi connectivity index (χ3n) is 8.00. The number of methoxy groups -OCH3 is 3. The topological polar surface area (TPSA) is 144 Å². The number of fused-ring (bicyclic) bond motifs is 3. The van der Waals surface area contributed by atoms with Crippen LogP contribution in [0.2, 0.25) is 0 Å². The molecule has 1 heterocycles. The number of aliphatic carboxylic acids is 1. The third kappa shape index (κ3) is 6.61. The summed E-state index contributed by atoms with van der Waals surface area (Å²) >= 11 is 0. The molecule has 226 valence electrons. The highest BCUT2D eigenvalue weighted by molar-refractivity contribution is 5.84. The zero-order valence-electron chi connectivity index (χ0n) is 24.6. The molecule has 11 nitrogen and oxygen atoms in total. The molecule has 2 aliphatic rings. The zero-order valence-corrected chi connectivity index (χ0v) is 24.6. The molecule has 2 aromatic carbocycles. The summed E-state index contributed by atoms with van der Waals surface area (Å²) in [7, 11) is 4.65. The second-order valence-electron chi connectivity index (χ2n) is 10.6. The molecule has 11 heteroatoms. The van der Waals surface area contributed by atoms with Crippen molar-refractivity contribution in [3.05, 3.63) is 45.6 Å². The lowest BCUT2D eigenvalue weighted by molar-refractivity contribution is -0.145. The minimum Gasteiger partial charge on any atom is -0.493 e. The van der Waals surface area contributed by atoms with Gasteiger partial charge in [-0.3, -0.25) is 19.2 Å². The Labute approximate surface area is 245 Å². The fourth-order valence-electron chi connectivity index (χ4n) is 5.85. The molecule has 0 aromatic heterocycles. The van der Waals surface area contributed by atoms with Gasteiger partial charge in [-0.25, -0.2) is 0 Å². The molecule has 42 heavy (non-hydrogen) atoms. The van der Waals surface area contributed by atoms with E-state index in [0.29, 0.717) is 86.7 Å². The first-order valence-electron chi connectivity index (χ1n) is 14.2. The van der Waals surface area contributed by atoms with Crippen molar-refractivity contribution in [1.29, 1.82) is 0 Å². The summed E-state index contributed by atoms with van der Waals surface area (Å²) in [4.78, 5) is 51.1. The second-order valence-corrected chi connectivity index (χ2v) is 10.6. The summed E-state index contributed by atoms with van der Waals surface area (Å²) in [6, 6.07) is 6.63. The number of carbonyl (C=O) groups is 3. The monoisotopic (exact) mass is 581 g/mol. The molecule has 1 atom stereocenters. The number of hydrogen-bond donors (Lipinski definition) is 3. The Balaban J connectivity index is 1.59. The van der Waals surface area contributed by atoms with Gasteiger partial charge in [0.25, 0.3) is 0 Å². The number of likely N-dealkylation sites (tertiary alicyclic amines) is 1. The molecule has 0 bridgehead atoms. The van der Waals surface area contributed by atoms with Crippen LogP contribution in [0.3, 0.4) is 0 Å². The highest BCUT2D eigenvalue weighted by atomic mass is 16.5.